The Morgan fingerprint density at radius 1 is 0.711 bits per heavy atom. The second kappa shape index (κ2) is 9.24. The van der Waals surface area contributed by atoms with Gasteiger partial charge in [0.05, 0.1) is 5.69 Å². The van der Waals surface area contributed by atoms with E-state index in [1.54, 1.807) is 0 Å². The third-order valence-electron chi connectivity index (χ3n) is 7.60. The molecule has 7 rings (SSSR count). The Balaban J connectivity index is 1.29. The van der Waals surface area contributed by atoms with E-state index in [2.05, 4.69) is 144 Å². The fourth-order valence-corrected chi connectivity index (χ4v) is 5.60. The van der Waals surface area contributed by atoms with E-state index >= 15 is 0 Å². The summed E-state index contributed by atoms with van der Waals surface area (Å²) in [6, 6.07) is 32.8. The van der Waals surface area contributed by atoms with E-state index in [4.69, 9.17) is 0 Å². The maximum absolute atomic E-state index is 4.41. The highest BCUT2D eigenvalue weighted by Gasteiger charge is 2.17. The number of H-pyrrole nitrogens is 1. The molecule has 182 valence electrons. The molecule has 0 spiro atoms. The molecule has 38 heavy (non-hydrogen) atoms. The van der Waals surface area contributed by atoms with Gasteiger partial charge in [0, 0.05) is 39.6 Å². The average molecular weight is 489 g/mol. The number of fused-ring (bicyclic) bond motifs is 4. The molecule has 2 heterocycles. The van der Waals surface area contributed by atoms with Gasteiger partial charge < -0.3 is 9.88 Å². The molecule has 0 fully saturated rings. The number of aromatic amines is 1. The highest BCUT2D eigenvalue weighted by molar-refractivity contribution is 5.95. The predicted octanol–water partition coefficient (Wildman–Crippen LogP) is 9.70. The van der Waals surface area contributed by atoms with E-state index in [0.717, 1.165) is 35.4 Å². The normalized spacial score (nSPS) is 16.0. The number of nitrogens with one attached hydrogen (secondary N) is 1. The summed E-state index contributed by atoms with van der Waals surface area (Å²) in [6.45, 7) is 4.41. The zero-order valence-electron chi connectivity index (χ0n) is 21.2. The van der Waals surface area contributed by atoms with Crippen LogP contribution in [0.4, 0.5) is 11.4 Å². The number of hydrogen-bond donors (Lipinski definition) is 1. The lowest BCUT2D eigenvalue weighted by Gasteiger charge is -2.26. The first-order valence-electron chi connectivity index (χ1n) is 13.2. The van der Waals surface area contributed by atoms with Gasteiger partial charge in [0.1, 0.15) is 0 Å². The fourth-order valence-electron chi connectivity index (χ4n) is 5.60. The Morgan fingerprint density at radius 2 is 1.47 bits per heavy atom. The van der Waals surface area contributed by atoms with Crippen molar-refractivity contribution in [2.75, 3.05) is 4.90 Å². The fraction of sp³-hybridized carbons (Fsp3) is 0.0556. The number of anilines is 2. The highest BCUT2D eigenvalue weighted by Crippen LogP contribution is 2.39. The average Bonchev–Trinajstić information content (AvgIpc) is 3.35. The summed E-state index contributed by atoms with van der Waals surface area (Å²) in [5, 5.41) is 1.29. The van der Waals surface area contributed by atoms with Crippen LogP contribution >= 0.6 is 0 Å². The van der Waals surface area contributed by atoms with Crippen molar-refractivity contribution in [1.82, 2.24) is 4.98 Å². The quantitative estimate of drug-likeness (QED) is 0.268. The molecule has 0 atom stereocenters. The Hall–Kier alpha value is -4.82. The summed E-state index contributed by atoms with van der Waals surface area (Å²) in [5.74, 6) is 0. The monoisotopic (exact) mass is 488 g/mol. The second-order valence-electron chi connectivity index (χ2n) is 9.96. The Labute approximate surface area is 223 Å². The van der Waals surface area contributed by atoms with Crippen LogP contribution in [-0.4, -0.2) is 4.98 Å². The minimum absolute atomic E-state index is 1.00. The van der Waals surface area contributed by atoms with Gasteiger partial charge in [-0.15, -0.1) is 0 Å². The Bertz CT molecular complexity index is 1760. The molecule has 0 radical (unpaired) electrons. The molecule has 0 saturated heterocycles. The first kappa shape index (κ1) is 22.4. The van der Waals surface area contributed by atoms with E-state index in [1.165, 1.54) is 44.4 Å². The van der Waals surface area contributed by atoms with Crippen molar-refractivity contribution in [3.05, 3.63) is 145 Å². The molecule has 2 nitrogen and oxygen atoms in total. The summed E-state index contributed by atoms with van der Waals surface area (Å²) >= 11 is 0. The lowest BCUT2D eigenvalue weighted by Crippen LogP contribution is -2.11. The van der Waals surface area contributed by atoms with Crippen LogP contribution in [0.5, 0.6) is 0 Å². The minimum Gasteiger partial charge on any atom is -0.358 e. The van der Waals surface area contributed by atoms with E-state index in [1.807, 2.05) is 0 Å². The number of allylic oxidation sites excluding steroid dienone is 5. The van der Waals surface area contributed by atoms with Crippen LogP contribution in [0.25, 0.3) is 44.8 Å². The van der Waals surface area contributed by atoms with Crippen LogP contribution in [0.3, 0.4) is 0 Å². The van der Waals surface area contributed by atoms with Crippen LogP contribution in [0.2, 0.25) is 0 Å². The van der Waals surface area contributed by atoms with Crippen LogP contribution < -0.4 is 4.90 Å². The van der Waals surface area contributed by atoms with Gasteiger partial charge in [0.25, 0.3) is 0 Å². The SMILES string of the molecule is C=C1/C=C\C=C/N(c2ccc(-c3ccccc3)cc2)c2ccc(-c3ccc4[nH]c5c(c4c3)C=CCC5)cc21. The molecule has 0 unspecified atom stereocenters. The van der Waals surface area contributed by atoms with E-state index in [-0.39, 0.29) is 0 Å². The molecule has 0 amide bonds. The third-order valence-corrected chi connectivity index (χ3v) is 7.60. The number of aryl methyl sites for hydroxylation is 1. The minimum atomic E-state index is 1.00. The van der Waals surface area contributed by atoms with E-state index in [0.29, 0.717) is 0 Å². The standard InChI is InChI=1S/C36H28N2/c1-25-9-7-8-22-38(30-18-14-27(15-19-30)26-10-3-2-4-11-26)36-21-17-29(23-32(25)36)28-16-20-35-33(24-28)31-12-5-6-13-34(31)37-35/h2-5,7-12,14-24,37H,1,6,13H2/b9-7-,22-8-. The predicted molar refractivity (Wildman–Crippen MR) is 162 cm³/mol. The molecule has 1 N–H and O–H groups in total. The van der Waals surface area contributed by atoms with Crippen molar-refractivity contribution >= 4 is 33.9 Å². The third kappa shape index (κ3) is 3.91. The largest absolute Gasteiger partial charge is 0.358 e. The topological polar surface area (TPSA) is 19.0 Å². The summed E-state index contributed by atoms with van der Waals surface area (Å²) in [6.07, 6.45) is 15.1. The number of rotatable bonds is 3. The molecule has 2 aliphatic rings. The summed E-state index contributed by atoms with van der Waals surface area (Å²) in [5.41, 5.74) is 13.1. The van der Waals surface area contributed by atoms with Gasteiger partial charge in [-0.2, -0.15) is 0 Å². The van der Waals surface area contributed by atoms with Gasteiger partial charge >= 0.3 is 0 Å². The van der Waals surface area contributed by atoms with Gasteiger partial charge in [0.2, 0.25) is 0 Å². The smallest absolute Gasteiger partial charge is 0.0534 e. The van der Waals surface area contributed by atoms with E-state index in [9.17, 15) is 0 Å². The number of benzene rings is 4. The molecule has 0 bridgehead atoms. The molecular formula is C36H28N2. The maximum atomic E-state index is 4.41. The Kier molecular flexibility index (Phi) is 5.44. The lowest BCUT2D eigenvalue weighted by molar-refractivity contribution is 0.951. The van der Waals surface area contributed by atoms with Crippen LogP contribution in [0.1, 0.15) is 23.2 Å². The highest BCUT2D eigenvalue weighted by atomic mass is 15.1. The molecule has 1 aliphatic heterocycles. The van der Waals surface area contributed by atoms with Crippen molar-refractivity contribution in [3.8, 4) is 22.3 Å². The lowest BCUT2D eigenvalue weighted by atomic mass is 9.94. The zero-order chi connectivity index (χ0) is 25.5. The van der Waals surface area contributed by atoms with Gasteiger partial charge in [-0.3, -0.25) is 0 Å². The maximum Gasteiger partial charge on any atom is 0.0534 e. The number of hydrogen-bond acceptors (Lipinski definition) is 1. The van der Waals surface area contributed by atoms with Gasteiger partial charge in [-0.05, 0) is 83.1 Å². The summed E-state index contributed by atoms with van der Waals surface area (Å²) in [4.78, 5) is 5.87. The molecule has 1 aromatic heterocycles. The molecule has 0 saturated carbocycles. The van der Waals surface area contributed by atoms with Crippen molar-refractivity contribution in [1.29, 1.82) is 0 Å². The van der Waals surface area contributed by atoms with Crippen molar-refractivity contribution in [3.63, 3.8) is 0 Å². The first-order valence-corrected chi connectivity index (χ1v) is 13.2. The van der Waals surface area contributed by atoms with Crippen LogP contribution in [-0.2, 0) is 6.42 Å². The van der Waals surface area contributed by atoms with Gasteiger partial charge in [0.15, 0.2) is 0 Å². The Morgan fingerprint density at radius 3 is 2.34 bits per heavy atom. The van der Waals surface area contributed by atoms with E-state index < -0.39 is 0 Å². The second-order valence-corrected chi connectivity index (χ2v) is 9.96. The van der Waals surface area contributed by atoms with Crippen molar-refractivity contribution in [2.45, 2.75) is 12.8 Å². The number of aromatic nitrogens is 1. The molecule has 5 aromatic rings. The molecule has 2 heteroatoms. The first-order chi connectivity index (χ1) is 18.7. The summed E-state index contributed by atoms with van der Waals surface area (Å²) < 4.78 is 0. The molecular weight excluding hydrogens is 460 g/mol. The zero-order valence-corrected chi connectivity index (χ0v) is 21.2. The van der Waals surface area contributed by atoms with Crippen LogP contribution in [0, 0.1) is 0 Å². The van der Waals surface area contributed by atoms with Crippen molar-refractivity contribution in [2.24, 2.45) is 0 Å². The number of nitrogens with zero attached hydrogens (tertiary/aromatic N) is 1. The van der Waals surface area contributed by atoms with Gasteiger partial charge in [-0.25, -0.2) is 0 Å². The van der Waals surface area contributed by atoms with Crippen molar-refractivity contribution < 1.29 is 0 Å². The van der Waals surface area contributed by atoms with Gasteiger partial charge in [-0.1, -0.05) is 85.5 Å². The summed E-state index contributed by atoms with van der Waals surface area (Å²) in [7, 11) is 0. The van der Waals surface area contributed by atoms with Crippen LogP contribution in [0.15, 0.2) is 128 Å². The molecule has 4 aromatic carbocycles. The molecule has 1 aliphatic carbocycles.